The molecule has 0 amide bonds. The third kappa shape index (κ3) is 4.19. The maximum atomic E-state index is 10.1. The minimum Gasteiger partial charge on any atom is -0.456 e. The van der Waals surface area contributed by atoms with E-state index in [0.29, 0.717) is 9.13 Å². The zero-order valence-corrected chi connectivity index (χ0v) is 25.3. The number of para-hydroxylation sites is 4. The third-order valence-electron chi connectivity index (χ3n) is 8.31. The second kappa shape index (κ2) is 10.8. The predicted molar refractivity (Wildman–Crippen MR) is 213 cm³/mol. The van der Waals surface area contributed by atoms with Crippen LogP contribution in [0.1, 0.15) is 41.1 Å². The van der Waals surface area contributed by atoms with Crippen LogP contribution in [0.15, 0.2) is 186 Å². The van der Waals surface area contributed by atoms with E-state index in [-0.39, 0.29) is 0 Å². The van der Waals surface area contributed by atoms with E-state index >= 15 is 0 Å². The Morgan fingerprint density at radius 3 is 1.51 bits per heavy atom. The van der Waals surface area contributed by atoms with Gasteiger partial charge in [-0.05, 0) is 70.6 Å². The molecule has 3 aromatic heterocycles. The lowest BCUT2D eigenvalue weighted by molar-refractivity contribution is 0.668. The number of benzene rings is 8. The van der Waals surface area contributed by atoms with E-state index in [0.717, 1.165) is 0 Å². The number of hydrogen-bond donors (Lipinski definition) is 0. The summed E-state index contributed by atoms with van der Waals surface area (Å²) in [5, 5.41) is -3.50. The molecule has 0 spiro atoms. The Balaban J connectivity index is 1.42. The second-order valence-corrected chi connectivity index (χ2v) is 11.0. The van der Waals surface area contributed by atoms with Crippen molar-refractivity contribution < 1.29 is 45.5 Å². The van der Waals surface area contributed by atoms with E-state index in [1.807, 2.05) is 0 Å². The molecule has 0 aliphatic carbocycles. The molecule has 11 rings (SSSR count). The standard InChI is InChI=1S/C48H30N2O/c1-3-13-31(14-4-1)41-29-35(30-47-48(41)40-19-9-12-22-46(40)51-47)50-43-21-11-8-18-37(43)39-26-24-33(28-45(39)50)32-23-25-38-36-17-7-10-20-42(36)49(44(38)27-32)34-15-5-2-6-16-34/h1-30H/i1D,2D,3D,4D,5D,6D,7D,8D,9D,10D,11D,12D,13D,14D,15D,16D,17D,18D,19D,20D,21D,22D,23D,24D,25D,26D,27D,28D,29D,30D. The molecule has 3 heterocycles. The van der Waals surface area contributed by atoms with Gasteiger partial charge in [-0.1, -0.05) is 127 Å². The lowest BCUT2D eigenvalue weighted by Crippen LogP contribution is -1.95. The highest BCUT2D eigenvalue weighted by Gasteiger charge is 2.19. The molecule has 8 aromatic carbocycles. The van der Waals surface area contributed by atoms with Crippen LogP contribution in [0.4, 0.5) is 0 Å². The van der Waals surface area contributed by atoms with Crippen LogP contribution < -0.4 is 0 Å². The van der Waals surface area contributed by atoms with Gasteiger partial charge < -0.3 is 13.6 Å². The summed E-state index contributed by atoms with van der Waals surface area (Å²) in [7, 11) is 0. The molecule has 0 aliphatic heterocycles. The predicted octanol–water partition coefficient (Wildman–Crippen LogP) is 13.1. The van der Waals surface area contributed by atoms with Crippen molar-refractivity contribution in [2.75, 3.05) is 0 Å². The van der Waals surface area contributed by atoms with Crippen LogP contribution >= 0.6 is 0 Å². The van der Waals surface area contributed by atoms with Gasteiger partial charge in [-0.25, -0.2) is 0 Å². The quantitative estimate of drug-likeness (QED) is 0.181. The van der Waals surface area contributed by atoms with Gasteiger partial charge in [-0.2, -0.15) is 0 Å². The SMILES string of the molecule is [2H]c1c([2H])c([2H])c(-c2c([2H])c(-n3c4c([2H])c([2H])c([2H])c([2H])c4c4c([2H])c([2H])c(-c5c([2H])c([2H])c6c7c([2H])c([2H])c([2H])c([2H])c7n(-c7c([2H])c([2H])c([2H])c([2H])c7[2H])c6c5[2H])c([2H])c43)c([2H])c3oc4c([2H])c([2H])c([2H])c([2H])c4c23)c([2H])c1[2H]. The van der Waals surface area contributed by atoms with E-state index in [2.05, 4.69) is 0 Å². The highest BCUT2D eigenvalue weighted by atomic mass is 16.3. The zero-order chi connectivity index (χ0) is 59.6. The molecular formula is C48H30N2O. The van der Waals surface area contributed by atoms with Gasteiger partial charge in [-0.15, -0.1) is 0 Å². The lowest BCUT2D eigenvalue weighted by atomic mass is 9.98. The van der Waals surface area contributed by atoms with Crippen LogP contribution in [0, 0.1) is 0 Å². The monoisotopic (exact) mass is 680 g/mol. The molecule has 11 aromatic rings. The van der Waals surface area contributed by atoms with E-state index < -0.39 is 280 Å². The summed E-state index contributed by atoms with van der Waals surface area (Å²) < 4.78 is 279. The topological polar surface area (TPSA) is 23.0 Å². The van der Waals surface area contributed by atoms with Crippen LogP contribution in [0.2, 0.25) is 0 Å². The molecule has 0 atom stereocenters. The van der Waals surface area contributed by atoms with Gasteiger partial charge in [0.2, 0.25) is 0 Å². The van der Waals surface area contributed by atoms with E-state index in [9.17, 15) is 13.7 Å². The van der Waals surface area contributed by atoms with Crippen molar-refractivity contribution >= 4 is 65.6 Å². The smallest absolute Gasteiger partial charge is 0.138 e. The molecule has 0 fully saturated rings. The van der Waals surface area contributed by atoms with Crippen LogP contribution in [0.3, 0.4) is 0 Å². The van der Waals surface area contributed by atoms with Crippen molar-refractivity contribution in [3.8, 4) is 33.6 Å². The molecule has 3 heteroatoms. The second-order valence-electron chi connectivity index (χ2n) is 11.0. The maximum absolute atomic E-state index is 10.1. The summed E-state index contributed by atoms with van der Waals surface area (Å²) in [4.78, 5) is 0. The molecule has 238 valence electrons. The number of rotatable bonds is 4. The summed E-state index contributed by atoms with van der Waals surface area (Å²) in [6.07, 6.45) is 0. The average Bonchev–Trinajstić information content (AvgIpc) is 2.98. The number of hydrogen-bond acceptors (Lipinski definition) is 1. The van der Waals surface area contributed by atoms with Crippen molar-refractivity contribution in [3.63, 3.8) is 0 Å². The molecule has 0 N–H and O–H groups in total. The van der Waals surface area contributed by atoms with Gasteiger partial charge in [0, 0.05) is 44.0 Å². The minimum absolute atomic E-state index is 0.521. The van der Waals surface area contributed by atoms with E-state index in [1.165, 1.54) is 0 Å². The minimum atomic E-state index is -1.08. The summed E-state index contributed by atoms with van der Waals surface area (Å²) in [5.41, 5.74) is -9.32. The normalized spacial score (nSPS) is 20.2. The van der Waals surface area contributed by atoms with Crippen molar-refractivity contribution in [2.24, 2.45) is 0 Å². The molecule has 0 saturated heterocycles. The highest BCUT2D eigenvalue weighted by Crippen LogP contribution is 2.42. The summed E-state index contributed by atoms with van der Waals surface area (Å²) in [5.74, 6) is 0. The average molecular weight is 681 g/mol. The van der Waals surface area contributed by atoms with Crippen molar-refractivity contribution in [1.29, 1.82) is 0 Å². The number of fused-ring (bicyclic) bond motifs is 9. The molecule has 51 heavy (non-hydrogen) atoms. The fraction of sp³-hybridized carbons (Fsp3) is 0. The fourth-order valence-electron chi connectivity index (χ4n) is 6.22. The highest BCUT2D eigenvalue weighted by molar-refractivity contribution is 6.15. The fourth-order valence-corrected chi connectivity index (χ4v) is 6.22. The van der Waals surface area contributed by atoms with Crippen LogP contribution in [-0.2, 0) is 0 Å². The van der Waals surface area contributed by atoms with E-state index in [1.54, 1.807) is 0 Å². The van der Waals surface area contributed by atoms with Crippen molar-refractivity contribution in [2.45, 2.75) is 0 Å². The Hall–Kier alpha value is -6.84. The molecule has 0 bridgehead atoms. The molecule has 0 saturated carbocycles. The van der Waals surface area contributed by atoms with Gasteiger partial charge in [0.15, 0.2) is 0 Å². The lowest BCUT2D eigenvalue weighted by Gasteiger charge is -2.13. The van der Waals surface area contributed by atoms with Gasteiger partial charge in [-0.3, -0.25) is 0 Å². The van der Waals surface area contributed by atoms with Gasteiger partial charge in [0.25, 0.3) is 0 Å². The maximum Gasteiger partial charge on any atom is 0.138 e. The Kier molecular flexibility index (Phi) is 2.47. The Labute approximate surface area is 336 Å². The summed E-state index contributed by atoms with van der Waals surface area (Å²) in [6, 6.07) is -28.3. The van der Waals surface area contributed by atoms with Crippen molar-refractivity contribution in [3.05, 3.63) is 181 Å². The Morgan fingerprint density at radius 2 is 0.863 bits per heavy atom. The number of aromatic nitrogens is 2. The zero-order valence-electron chi connectivity index (χ0n) is 55.3. The first kappa shape index (κ1) is 11.6. The van der Waals surface area contributed by atoms with Crippen molar-refractivity contribution in [1.82, 2.24) is 9.13 Å². The molecule has 3 nitrogen and oxygen atoms in total. The summed E-state index contributed by atoms with van der Waals surface area (Å²) in [6.45, 7) is 0. The summed E-state index contributed by atoms with van der Waals surface area (Å²) >= 11 is 0. The van der Waals surface area contributed by atoms with Gasteiger partial charge >= 0.3 is 0 Å². The first-order valence-corrected chi connectivity index (χ1v) is 15.0. The van der Waals surface area contributed by atoms with E-state index in [4.69, 9.17) is 31.8 Å². The molecule has 0 aliphatic rings. The van der Waals surface area contributed by atoms with Crippen LogP contribution in [0.5, 0.6) is 0 Å². The van der Waals surface area contributed by atoms with Gasteiger partial charge in [0.1, 0.15) is 11.2 Å². The number of furan rings is 1. The first-order chi connectivity index (χ1) is 37.8. The third-order valence-corrected chi connectivity index (χ3v) is 8.31. The molecule has 0 radical (unpaired) electrons. The van der Waals surface area contributed by atoms with Gasteiger partial charge in [0.05, 0.1) is 68.9 Å². The largest absolute Gasteiger partial charge is 0.456 e. The van der Waals surface area contributed by atoms with Crippen LogP contribution in [-0.4, -0.2) is 9.13 Å². The first-order valence-electron chi connectivity index (χ1n) is 30.0. The number of nitrogens with zero attached hydrogens (tertiary/aromatic N) is 2. The Morgan fingerprint density at radius 1 is 0.353 bits per heavy atom. The molecule has 0 unspecified atom stereocenters. The van der Waals surface area contributed by atoms with Crippen LogP contribution in [0.25, 0.3) is 99.2 Å². The molecular weight excluding hydrogens is 621 g/mol. The Bertz CT molecular complexity index is 4820.